The van der Waals surface area contributed by atoms with Crippen LogP contribution in [0, 0.1) is 25.2 Å². The van der Waals surface area contributed by atoms with Gasteiger partial charge in [-0.25, -0.2) is 0 Å². The van der Waals surface area contributed by atoms with E-state index in [4.69, 9.17) is 27.3 Å². The first-order valence-corrected chi connectivity index (χ1v) is 6.59. The van der Waals surface area contributed by atoms with E-state index in [1.54, 1.807) is 18.2 Å². The molecule has 2 aromatic rings. The number of nitrogen functional groups attached to an aromatic ring is 1. The van der Waals surface area contributed by atoms with Crippen molar-refractivity contribution < 1.29 is 4.74 Å². The van der Waals surface area contributed by atoms with Crippen molar-refractivity contribution in [3.05, 3.63) is 52.0 Å². The topological polar surface area (TPSA) is 59.0 Å². The smallest absolute Gasteiger partial charge is 0.133 e. The Balaban J connectivity index is 2.36. The molecule has 0 spiro atoms. The van der Waals surface area contributed by atoms with Crippen molar-refractivity contribution in [3.63, 3.8) is 0 Å². The van der Waals surface area contributed by atoms with Crippen LogP contribution in [0.1, 0.15) is 16.7 Å². The van der Waals surface area contributed by atoms with Crippen molar-refractivity contribution in [3.8, 4) is 17.6 Å². The molecule has 2 N–H and O–H groups in total. The Morgan fingerprint density at radius 3 is 2.45 bits per heavy atom. The van der Waals surface area contributed by atoms with E-state index in [1.807, 2.05) is 26.0 Å². The average Bonchev–Trinajstić information content (AvgIpc) is 2.37. The molecule has 102 valence electrons. The van der Waals surface area contributed by atoms with Crippen LogP contribution in [-0.4, -0.2) is 0 Å². The van der Waals surface area contributed by atoms with Crippen LogP contribution in [0.5, 0.6) is 11.5 Å². The van der Waals surface area contributed by atoms with E-state index in [-0.39, 0.29) is 6.42 Å². The van der Waals surface area contributed by atoms with E-state index >= 15 is 0 Å². The van der Waals surface area contributed by atoms with E-state index < -0.39 is 0 Å². The number of hydrogen-bond donors (Lipinski definition) is 1. The van der Waals surface area contributed by atoms with Crippen LogP contribution in [0.4, 0.5) is 5.69 Å². The standard InChI is InChI=1S/C16H15ClN2O/c1-10-7-13(17)8-11(2)16(10)20-14-3-4-15(19)12(9-14)5-6-18/h3-4,7-9H,5,19H2,1-2H3. The maximum Gasteiger partial charge on any atom is 0.133 e. The van der Waals surface area contributed by atoms with Gasteiger partial charge >= 0.3 is 0 Å². The molecule has 0 atom stereocenters. The highest BCUT2D eigenvalue weighted by Crippen LogP contribution is 2.32. The summed E-state index contributed by atoms with van der Waals surface area (Å²) in [6.07, 6.45) is 0.265. The van der Waals surface area contributed by atoms with Gasteiger partial charge in [0.15, 0.2) is 0 Å². The molecule has 0 aliphatic rings. The third-order valence-corrected chi connectivity index (χ3v) is 3.25. The van der Waals surface area contributed by atoms with Gasteiger partial charge in [-0.2, -0.15) is 5.26 Å². The molecule has 0 bridgehead atoms. The van der Waals surface area contributed by atoms with Gasteiger partial charge < -0.3 is 10.5 Å². The van der Waals surface area contributed by atoms with Crippen molar-refractivity contribution in [2.75, 3.05) is 5.73 Å². The molecule has 0 aliphatic heterocycles. The lowest BCUT2D eigenvalue weighted by atomic mass is 10.1. The maximum absolute atomic E-state index is 8.78. The lowest BCUT2D eigenvalue weighted by molar-refractivity contribution is 0.474. The summed E-state index contributed by atoms with van der Waals surface area (Å²) in [6, 6.07) is 11.2. The second kappa shape index (κ2) is 5.85. The number of hydrogen-bond acceptors (Lipinski definition) is 3. The van der Waals surface area contributed by atoms with Gasteiger partial charge in [0.25, 0.3) is 0 Å². The number of nitrogens with two attached hydrogens (primary N) is 1. The average molecular weight is 287 g/mol. The lowest BCUT2D eigenvalue weighted by Gasteiger charge is -2.13. The minimum atomic E-state index is 0.265. The molecular formula is C16H15ClN2O. The summed E-state index contributed by atoms with van der Waals surface area (Å²) in [4.78, 5) is 0. The Hall–Kier alpha value is -2.18. The number of anilines is 1. The normalized spacial score (nSPS) is 10.1. The predicted molar refractivity (Wildman–Crippen MR) is 81.2 cm³/mol. The first-order valence-electron chi connectivity index (χ1n) is 6.21. The van der Waals surface area contributed by atoms with E-state index in [0.29, 0.717) is 16.5 Å². The Bertz CT molecular complexity index is 666. The van der Waals surface area contributed by atoms with E-state index in [1.165, 1.54) is 0 Å². The number of nitriles is 1. The number of nitrogens with zero attached hydrogens (tertiary/aromatic N) is 1. The second-order valence-electron chi connectivity index (χ2n) is 4.67. The maximum atomic E-state index is 8.78. The van der Waals surface area contributed by atoms with Gasteiger partial charge in [-0.1, -0.05) is 11.6 Å². The summed E-state index contributed by atoms with van der Waals surface area (Å²) in [5.74, 6) is 1.44. The zero-order chi connectivity index (χ0) is 14.7. The van der Waals surface area contributed by atoms with Crippen LogP contribution in [0.2, 0.25) is 5.02 Å². The highest BCUT2D eigenvalue weighted by atomic mass is 35.5. The van der Waals surface area contributed by atoms with Crippen molar-refractivity contribution >= 4 is 17.3 Å². The molecule has 0 amide bonds. The van der Waals surface area contributed by atoms with Crippen LogP contribution >= 0.6 is 11.6 Å². The van der Waals surface area contributed by atoms with Crippen molar-refractivity contribution in [2.45, 2.75) is 20.3 Å². The third kappa shape index (κ3) is 3.04. The molecule has 0 radical (unpaired) electrons. The number of halogens is 1. The fourth-order valence-electron chi connectivity index (χ4n) is 2.06. The fraction of sp³-hybridized carbons (Fsp3) is 0.188. The third-order valence-electron chi connectivity index (χ3n) is 3.03. The summed E-state index contributed by atoms with van der Waals surface area (Å²) in [7, 11) is 0. The van der Waals surface area contributed by atoms with Crippen molar-refractivity contribution in [2.24, 2.45) is 0 Å². The van der Waals surface area contributed by atoms with Crippen LogP contribution in [0.25, 0.3) is 0 Å². The van der Waals surface area contributed by atoms with Gasteiger partial charge in [0, 0.05) is 10.7 Å². The summed E-state index contributed by atoms with van der Waals surface area (Å²) in [6.45, 7) is 3.89. The van der Waals surface area contributed by atoms with Gasteiger partial charge in [0.2, 0.25) is 0 Å². The van der Waals surface area contributed by atoms with E-state index in [9.17, 15) is 0 Å². The zero-order valence-electron chi connectivity index (χ0n) is 11.4. The Labute approximate surface area is 123 Å². The molecular weight excluding hydrogens is 272 g/mol. The number of aryl methyl sites for hydroxylation is 2. The first kappa shape index (κ1) is 14.2. The molecule has 0 heterocycles. The lowest BCUT2D eigenvalue weighted by Crippen LogP contribution is -1.96. The number of ether oxygens (including phenoxy) is 1. The van der Waals surface area contributed by atoms with Crippen molar-refractivity contribution in [1.29, 1.82) is 5.26 Å². The van der Waals surface area contributed by atoms with Gasteiger partial charge in [0.1, 0.15) is 11.5 Å². The highest BCUT2D eigenvalue weighted by Gasteiger charge is 2.08. The van der Waals surface area contributed by atoms with Crippen molar-refractivity contribution in [1.82, 2.24) is 0 Å². The van der Waals surface area contributed by atoms with Crippen LogP contribution in [0.15, 0.2) is 30.3 Å². The summed E-state index contributed by atoms with van der Waals surface area (Å²) in [5.41, 5.74) is 9.13. The molecule has 3 nitrogen and oxygen atoms in total. The van der Waals surface area contributed by atoms with Crippen LogP contribution < -0.4 is 10.5 Å². The minimum absolute atomic E-state index is 0.265. The molecule has 4 heteroatoms. The quantitative estimate of drug-likeness (QED) is 0.851. The molecule has 0 saturated carbocycles. The van der Waals surface area contributed by atoms with Gasteiger partial charge in [-0.3, -0.25) is 0 Å². The van der Waals surface area contributed by atoms with E-state index in [2.05, 4.69) is 6.07 Å². The molecule has 0 unspecified atom stereocenters. The zero-order valence-corrected chi connectivity index (χ0v) is 12.2. The first-order chi connectivity index (χ1) is 9.51. The summed E-state index contributed by atoms with van der Waals surface area (Å²) in [5, 5.41) is 9.47. The molecule has 2 aromatic carbocycles. The molecule has 0 aliphatic carbocycles. The Kier molecular flexibility index (Phi) is 4.16. The monoisotopic (exact) mass is 286 g/mol. The largest absolute Gasteiger partial charge is 0.457 e. The summed E-state index contributed by atoms with van der Waals surface area (Å²) < 4.78 is 5.91. The number of benzene rings is 2. The SMILES string of the molecule is Cc1cc(Cl)cc(C)c1Oc1ccc(N)c(CC#N)c1. The fourth-order valence-corrected chi connectivity index (χ4v) is 2.39. The molecule has 0 fully saturated rings. The second-order valence-corrected chi connectivity index (χ2v) is 5.10. The Morgan fingerprint density at radius 1 is 1.20 bits per heavy atom. The van der Waals surface area contributed by atoms with E-state index in [0.717, 1.165) is 22.4 Å². The molecule has 20 heavy (non-hydrogen) atoms. The Morgan fingerprint density at radius 2 is 1.85 bits per heavy atom. The molecule has 0 saturated heterocycles. The van der Waals surface area contributed by atoms with Crippen LogP contribution in [-0.2, 0) is 6.42 Å². The molecule has 0 aromatic heterocycles. The number of rotatable bonds is 3. The van der Waals surface area contributed by atoms with Gasteiger partial charge in [-0.05, 0) is 60.9 Å². The minimum Gasteiger partial charge on any atom is -0.457 e. The van der Waals surface area contributed by atoms with Gasteiger partial charge in [-0.15, -0.1) is 0 Å². The molecule has 2 rings (SSSR count). The summed E-state index contributed by atoms with van der Waals surface area (Å²) >= 11 is 6.00. The van der Waals surface area contributed by atoms with Gasteiger partial charge in [0.05, 0.1) is 12.5 Å². The van der Waals surface area contributed by atoms with Crippen LogP contribution in [0.3, 0.4) is 0 Å². The predicted octanol–water partition coefficient (Wildman–Crippen LogP) is 4.40. The highest BCUT2D eigenvalue weighted by molar-refractivity contribution is 6.30.